The molecule has 0 amide bonds. The van der Waals surface area contributed by atoms with Crippen LogP contribution in [0.5, 0.6) is 0 Å². The van der Waals surface area contributed by atoms with E-state index in [0.717, 1.165) is 27.0 Å². The van der Waals surface area contributed by atoms with E-state index >= 15 is 0 Å². The first-order valence-corrected chi connectivity index (χ1v) is 9.66. The normalized spacial score (nSPS) is 9.34. The molecule has 0 bridgehead atoms. The molecular formula is C24H20O11. The largest absolute Gasteiger partial charge is 0.432 e. The van der Waals surface area contributed by atoms with Gasteiger partial charge in [-0.15, -0.1) is 0 Å². The Hall–Kier alpha value is -4.93. The number of esters is 7. The summed E-state index contributed by atoms with van der Waals surface area (Å²) in [5, 5.41) is 0. The van der Waals surface area contributed by atoms with E-state index in [4.69, 9.17) is 0 Å². The number of hydrogen-bond donors (Lipinski definition) is 0. The van der Waals surface area contributed by atoms with Gasteiger partial charge in [0.15, 0.2) is 0 Å². The molecule has 0 spiro atoms. The van der Waals surface area contributed by atoms with Gasteiger partial charge in [-0.1, -0.05) is 30.8 Å². The van der Waals surface area contributed by atoms with E-state index in [2.05, 4.69) is 25.5 Å². The fourth-order valence-electron chi connectivity index (χ4n) is 2.37. The Bertz CT molecular complexity index is 1130. The summed E-state index contributed by atoms with van der Waals surface area (Å²) in [6, 6.07) is 11.4. The minimum absolute atomic E-state index is 0.0126. The van der Waals surface area contributed by atoms with Crippen LogP contribution in [0, 0.1) is 0 Å². The average molecular weight is 484 g/mol. The first-order valence-electron chi connectivity index (χ1n) is 9.66. The lowest BCUT2D eigenvalue weighted by molar-refractivity contribution is -0.136. The quantitative estimate of drug-likeness (QED) is 0.266. The van der Waals surface area contributed by atoms with Gasteiger partial charge in [0.25, 0.3) is 0 Å². The molecule has 0 unspecified atom stereocenters. The van der Waals surface area contributed by atoms with E-state index in [1.54, 1.807) is 12.1 Å². The first kappa shape index (κ1) is 28.1. The van der Waals surface area contributed by atoms with Gasteiger partial charge in [-0.3, -0.25) is 14.4 Å². The van der Waals surface area contributed by atoms with Crippen LogP contribution in [0.3, 0.4) is 0 Å². The molecule has 0 aliphatic rings. The van der Waals surface area contributed by atoms with E-state index in [1.165, 1.54) is 36.4 Å². The van der Waals surface area contributed by atoms with Crippen LogP contribution < -0.4 is 0 Å². The van der Waals surface area contributed by atoms with Gasteiger partial charge in [0.1, 0.15) is 0 Å². The van der Waals surface area contributed by atoms with Crippen molar-refractivity contribution in [2.24, 2.45) is 0 Å². The molecule has 0 fully saturated rings. The van der Waals surface area contributed by atoms with Crippen molar-refractivity contribution in [1.82, 2.24) is 0 Å². The lowest BCUT2D eigenvalue weighted by Crippen LogP contribution is -2.17. The zero-order chi connectivity index (χ0) is 26.5. The first-order chi connectivity index (χ1) is 16.5. The summed E-state index contributed by atoms with van der Waals surface area (Å²) < 4.78 is 17.7. The monoisotopic (exact) mass is 484 g/mol. The molecule has 2 rings (SSSR count). The Morgan fingerprint density at radius 3 is 1.03 bits per heavy atom. The zero-order valence-corrected chi connectivity index (χ0v) is 18.9. The third-order valence-corrected chi connectivity index (χ3v) is 3.63. The van der Waals surface area contributed by atoms with Crippen molar-refractivity contribution in [1.29, 1.82) is 0 Å². The number of carbonyl (C=O) groups excluding carboxylic acids is 7. The van der Waals surface area contributed by atoms with E-state index in [1.807, 2.05) is 0 Å². The van der Waals surface area contributed by atoms with Crippen LogP contribution in [-0.2, 0) is 33.3 Å². The molecule has 0 aliphatic carbocycles. The Labute approximate surface area is 199 Å². The number of rotatable bonds is 5. The summed E-state index contributed by atoms with van der Waals surface area (Å²) >= 11 is 0. The summed E-state index contributed by atoms with van der Waals surface area (Å²) in [5.74, 6) is -5.92. The van der Waals surface area contributed by atoms with Gasteiger partial charge in [0.2, 0.25) is 0 Å². The van der Waals surface area contributed by atoms with E-state index in [-0.39, 0.29) is 22.3 Å². The van der Waals surface area contributed by atoms with Crippen molar-refractivity contribution in [2.45, 2.75) is 20.8 Å². The summed E-state index contributed by atoms with van der Waals surface area (Å²) in [6.45, 7) is 6.46. The minimum atomic E-state index is -0.974. The summed E-state index contributed by atoms with van der Waals surface area (Å²) in [5.41, 5.74) is -0.300. The molecular weight excluding hydrogens is 464 g/mol. The van der Waals surface area contributed by atoms with Crippen LogP contribution in [0.4, 0.5) is 0 Å². The fourth-order valence-corrected chi connectivity index (χ4v) is 2.37. The van der Waals surface area contributed by atoms with E-state index in [0.29, 0.717) is 0 Å². The molecule has 11 heteroatoms. The smallest absolute Gasteiger partial charge is 0.346 e. The van der Waals surface area contributed by atoms with Crippen molar-refractivity contribution in [3.8, 4) is 0 Å². The van der Waals surface area contributed by atoms with Gasteiger partial charge in [0.05, 0.1) is 28.5 Å². The zero-order valence-electron chi connectivity index (χ0n) is 18.9. The number of hydrogen-bond acceptors (Lipinski definition) is 11. The van der Waals surface area contributed by atoms with Gasteiger partial charge in [0, 0.05) is 20.8 Å². The summed E-state index contributed by atoms with van der Waals surface area (Å²) in [7, 11) is 0. The lowest BCUT2D eigenvalue weighted by atomic mass is 10.1. The van der Waals surface area contributed by atoms with Gasteiger partial charge in [-0.2, -0.15) is 0 Å². The Morgan fingerprint density at radius 1 is 0.543 bits per heavy atom. The highest BCUT2D eigenvalue weighted by Crippen LogP contribution is 2.13. The predicted octanol–water partition coefficient (Wildman–Crippen LogP) is 2.78. The van der Waals surface area contributed by atoms with Crippen molar-refractivity contribution in [3.63, 3.8) is 0 Å². The minimum Gasteiger partial charge on any atom is -0.432 e. The average Bonchev–Trinajstić information content (AvgIpc) is 2.78. The van der Waals surface area contributed by atoms with Crippen molar-refractivity contribution in [3.05, 3.63) is 83.6 Å². The third kappa shape index (κ3) is 9.22. The maximum atomic E-state index is 11.5. The highest BCUT2D eigenvalue weighted by Gasteiger charge is 2.21. The third-order valence-electron chi connectivity index (χ3n) is 3.63. The van der Waals surface area contributed by atoms with Crippen LogP contribution >= 0.6 is 0 Å². The molecule has 0 atom stereocenters. The van der Waals surface area contributed by atoms with E-state index < -0.39 is 41.8 Å². The van der Waals surface area contributed by atoms with Gasteiger partial charge < -0.3 is 18.9 Å². The van der Waals surface area contributed by atoms with Crippen LogP contribution in [0.1, 0.15) is 62.2 Å². The summed E-state index contributed by atoms with van der Waals surface area (Å²) in [6.07, 6.45) is 0.954. The second-order valence-electron chi connectivity index (χ2n) is 6.31. The second-order valence-corrected chi connectivity index (χ2v) is 6.31. The topological polar surface area (TPSA) is 156 Å². The Balaban J connectivity index is 0.000000351. The molecule has 182 valence electrons. The highest BCUT2D eigenvalue weighted by molar-refractivity contribution is 6.07. The number of carbonyl (C=O) groups is 7. The van der Waals surface area contributed by atoms with Crippen molar-refractivity contribution in [2.75, 3.05) is 0 Å². The fraction of sp³-hybridized carbons (Fsp3) is 0.125. The molecule has 2 aromatic rings. The number of benzene rings is 2. The molecule has 2 aromatic carbocycles. The highest BCUT2D eigenvalue weighted by atomic mass is 16.6. The Morgan fingerprint density at radius 2 is 0.800 bits per heavy atom. The van der Waals surface area contributed by atoms with Gasteiger partial charge in [-0.25, -0.2) is 19.2 Å². The molecule has 0 aromatic heterocycles. The molecule has 35 heavy (non-hydrogen) atoms. The molecule has 0 radical (unpaired) electrons. The maximum absolute atomic E-state index is 11.5. The van der Waals surface area contributed by atoms with Gasteiger partial charge >= 0.3 is 41.8 Å². The molecule has 11 nitrogen and oxygen atoms in total. The molecule has 0 aliphatic heterocycles. The van der Waals surface area contributed by atoms with E-state index in [9.17, 15) is 33.6 Å². The van der Waals surface area contributed by atoms with Crippen molar-refractivity contribution < 1.29 is 52.5 Å². The predicted molar refractivity (Wildman–Crippen MR) is 117 cm³/mol. The molecule has 0 saturated heterocycles. The van der Waals surface area contributed by atoms with Crippen LogP contribution in [0.2, 0.25) is 0 Å². The summed E-state index contributed by atoms with van der Waals surface area (Å²) in [4.78, 5) is 78.0. The SMILES string of the molecule is C=COC(=O)c1ccccc1C(=O)OC(C)=O.CC(=O)OC(=O)c1ccccc1C(=O)OC(C)=O. The van der Waals surface area contributed by atoms with Crippen LogP contribution in [0.25, 0.3) is 0 Å². The molecule has 0 saturated carbocycles. The van der Waals surface area contributed by atoms with Crippen molar-refractivity contribution >= 4 is 41.8 Å². The van der Waals surface area contributed by atoms with Crippen LogP contribution in [0.15, 0.2) is 61.4 Å². The Kier molecular flexibility index (Phi) is 10.9. The standard InChI is InChI=1S/C12H10O6.C12H10O5/c1-7(13)17-11(15)9-5-3-4-6-10(9)12(16)18-8(2)14;1-3-16-11(14)9-6-4-5-7-10(9)12(15)17-8(2)13/h3-6H,1-2H3;3-7H,1H2,2H3. The van der Waals surface area contributed by atoms with Gasteiger partial charge in [-0.05, 0) is 24.3 Å². The molecule has 0 N–H and O–H groups in total. The lowest BCUT2D eigenvalue weighted by Gasteiger charge is -2.06. The maximum Gasteiger partial charge on any atom is 0.346 e. The van der Waals surface area contributed by atoms with Crippen LogP contribution in [-0.4, -0.2) is 41.8 Å². The molecule has 0 heterocycles. The second kappa shape index (κ2) is 13.6. The number of ether oxygens (including phenoxy) is 4.